The lowest BCUT2D eigenvalue weighted by atomic mass is 9.98. The molecule has 1 aliphatic carbocycles. The number of benzene rings is 1. The van der Waals surface area contributed by atoms with Gasteiger partial charge in [0.2, 0.25) is 0 Å². The largest absolute Gasteiger partial charge is 0.324 e. The lowest BCUT2D eigenvalue weighted by molar-refractivity contribution is 0.710. The van der Waals surface area contributed by atoms with Crippen LogP contribution in [0.3, 0.4) is 0 Å². The van der Waals surface area contributed by atoms with Gasteiger partial charge in [0.15, 0.2) is 0 Å². The van der Waals surface area contributed by atoms with Crippen LogP contribution in [0.4, 0.5) is 0 Å². The summed E-state index contributed by atoms with van der Waals surface area (Å²) in [7, 11) is 0. The summed E-state index contributed by atoms with van der Waals surface area (Å²) in [5, 5.41) is 0. The fourth-order valence-corrected chi connectivity index (χ4v) is 2.18. The van der Waals surface area contributed by atoms with E-state index in [2.05, 4.69) is 26.0 Å². The second-order valence-corrected chi connectivity index (χ2v) is 3.74. The van der Waals surface area contributed by atoms with E-state index in [0.717, 1.165) is 6.42 Å². The number of nitrogens with two attached hydrogens (primary N) is 1. The summed E-state index contributed by atoms with van der Waals surface area (Å²) in [5.74, 6) is 0. The molecule has 0 radical (unpaired) electrons. The predicted molar refractivity (Wildman–Crippen MR) is 51.2 cm³/mol. The minimum Gasteiger partial charge on any atom is -0.324 e. The molecule has 12 heavy (non-hydrogen) atoms. The van der Waals surface area contributed by atoms with Crippen molar-refractivity contribution in [2.45, 2.75) is 32.7 Å². The SMILES string of the molecule is Cc1ccc(C)c2c1CCC2N. The lowest BCUT2D eigenvalue weighted by Gasteiger charge is -2.10. The van der Waals surface area contributed by atoms with Crippen LogP contribution in [0.2, 0.25) is 0 Å². The maximum atomic E-state index is 6.02. The van der Waals surface area contributed by atoms with Gasteiger partial charge in [-0.05, 0) is 48.9 Å². The molecule has 0 heterocycles. The average molecular weight is 161 g/mol. The first-order valence-corrected chi connectivity index (χ1v) is 4.54. The minimum absolute atomic E-state index is 0.292. The third kappa shape index (κ3) is 0.969. The van der Waals surface area contributed by atoms with Crippen LogP contribution in [-0.4, -0.2) is 0 Å². The summed E-state index contributed by atoms with van der Waals surface area (Å²) in [4.78, 5) is 0. The molecule has 1 heteroatoms. The van der Waals surface area contributed by atoms with Crippen LogP contribution in [0.1, 0.15) is 34.7 Å². The van der Waals surface area contributed by atoms with Crippen LogP contribution in [0.5, 0.6) is 0 Å². The number of hydrogen-bond donors (Lipinski definition) is 1. The summed E-state index contributed by atoms with van der Waals surface area (Å²) in [6.45, 7) is 4.33. The first kappa shape index (κ1) is 7.81. The maximum absolute atomic E-state index is 6.02. The van der Waals surface area contributed by atoms with E-state index in [-0.39, 0.29) is 0 Å². The summed E-state index contributed by atoms with van der Waals surface area (Å²) in [5.41, 5.74) is 11.7. The number of aryl methyl sites for hydroxylation is 2. The second-order valence-electron chi connectivity index (χ2n) is 3.74. The van der Waals surface area contributed by atoms with E-state index in [1.807, 2.05) is 0 Å². The summed E-state index contributed by atoms with van der Waals surface area (Å²) < 4.78 is 0. The molecule has 0 bridgehead atoms. The van der Waals surface area contributed by atoms with Crippen molar-refractivity contribution >= 4 is 0 Å². The fraction of sp³-hybridized carbons (Fsp3) is 0.455. The van der Waals surface area contributed by atoms with E-state index >= 15 is 0 Å². The van der Waals surface area contributed by atoms with Crippen molar-refractivity contribution in [3.63, 3.8) is 0 Å². The molecule has 1 unspecified atom stereocenters. The van der Waals surface area contributed by atoms with Crippen LogP contribution in [0.25, 0.3) is 0 Å². The molecule has 0 aliphatic heterocycles. The van der Waals surface area contributed by atoms with Gasteiger partial charge in [0, 0.05) is 6.04 Å². The predicted octanol–water partition coefficient (Wildman–Crippen LogP) is 2.25. The van der Waals surface area contributed by atoms with E-state index < -0.39 is 0 Å². The van der Waals surface area contributed by atoms with Gasteiger partial charge in [0.1, 0.15) is 0 Å². The molecular formula is C11H15N. The maximum Gasteiger partial charge on any atom is 0.0303 e. The quantitative estimate of drug-likeness (QED) is 0.620. The van der Waals surface area contributed by atoms with E-state index in [9.17, 15) is 0 Å². The molecule has 64 valence electrons. The fourth-order valence-electron chi connectivity index (χ4n) is 2.18. The van der Waals surface area contributed by atoms with Crippen LogP contribution >= 0.6 is 0 Å². The van der Waals surface area contributed by atoms with Crippen LogP contribution in [0.15, 0.2) is 12.1 Å². The van der Waals surface area contributed by atoms with Crippen molar-refractivity contribution in [2.75, 3.05) is 0 Å². The molecule has 2 rings (SSSR count). The highest BCUT2D eigenvalue weighted by molar-refractivity contribution is 5.44. The van der Waals surface area contributed by atoms with Gasteiger partial charge >= 0.3 is 0 Å². The highest BCUT2D eigenvalue weighted by Gasteiger charge is 2.21. The van der Waals surface area contributed by atoms with E-state index in [4.69, 9.17) is 5.73 Å². The lowest BCUT2D eigenvalue weighted by Crippen LogP contribution is -2.07. The van der Waals surface area contributed by atoms with Crippen molar-refractivity contribution < 1.29 is 0 Å². The molecule has 1 nitrogen and oxygen atoms in total. The third-order valence-electron chi connectivity index (χ3n) is 2.89. The Labute approximate surface area is 73.6 Å². The summed E-state index contributed by atoms with van der Waals surface area (Å²) >= 11 is 0. The van der Waals surface area contributed by atoms with Gasteiger partial charge in [-0.1, -0.05) is 12.1 Å². The average Bonchev–Trinajstić information content (AvgIpc) is 2.42. The Kier molecular flexibility index (Phi) is 1.69. The monoisotopic (exact) mass is 161 g/mol. The Morgan fingerprint density at radius 3 is 2.58 bits per heavy atom. The second kappa shape index (κ2) is 2.60. The zero-order valence-electron chi connectivity index (χ0n) is 7.72. The number of hydrogen-bond acceptors (Lipinski definition) is 1. The summed E-state index contributed by atoms with van der Waals surface area (Å²) in [6, 6.07) is 4.67. The molecule has 0 saturated heterocycles. The third-order valence-corrected chi connectivity index (χ3v) is 2.89. The van der Waals surface area contributed by atoms with Crippen LogP contribution < -0.4 is 5.73 Å². The number of rotatable bonds is 0. The highest BCUT2D eigenvalue weighted by Crippen LogP contribution is 2.33. The van der Waals surface area contributed by atoms with Gasteiger partial charge in [-0.3, -0.25) is 0 Å². The Balaban J connectivity index is 2.64. The normalized spacial score (nSPS) is 21.1. The first-order chi connectivity index (χ1) is 5.70. The van der Waals surface area contributed by atoms with Gasteiger partial charge in [-0.15, -0.1) is 0 Å². The topological polar surface area (TPSA) is 26.0 Å². The molecule has 0 fully saturated rings. The molecule has 1 atom stereocenters. The highest BCUT2D eigenvalue weighted by atomic mass is 14.6. The molecule has 2 N–H and O–H groups in total. The summed E-state index contributed by atoms with van der Waals surface area (Å²) in [6.07, 6.45) is 2.30. The zero-order valence-corrected chi connectivity index (χ0v) is 7.72. The molecule has 0 aromatic heterocycles. The molecule has 1 aromatic carbocycles. The standard InChI is InChI=1S/C11H15N/c1-7-3-4-8(2)11-9(7)5-6-10(11)12/h3-4,10H,5-6,12H2,1-2H3. The van der Waals surface area contributed by atoms with Crippen LogP contribution in [0, 0.1) is 13.8 Å². The van der Waals surface area contributed by atoms with Gasteiger partial charge in [-0.25, -0.2) is 0 Å². The van der Waals surface area contributed by atoms with E-state index in [1.165, 1.54) is 28.7 Å². The van der Waals surface area contributed by atoms with Crippen molar-refractivity contribution in [3.05, 3.63) is 34.4 Å². The van der Waals surface area contributed by atoms with Gasteiger partial charge in [-0.2, -0.15) is 0 Å². The Morgan fingerprint density at radius 1 is 1.25 bits per heavy atom. The first-order valence-electron chi connectivity index (χ1n) is 4.54. The molecule has 1 aromatic rings. The smallest absolute Gasteiger partial charge is 0.0303 e. The van der Waals surface area contributed by atoms with Gasteiger partial charge in [0.25, 0.3) is 0 Å². The Morgan fingerprint density at radius 2 is 1.92 bits per heavy atom. The molecule has 0 spiro atoms. The van der Waals surface area contributed by atoms with Crippen molar-refractivity contribution in [2.24, 2.45) is 5.73 Å². The zero-order chi connectivity index (χ0) is 8.72. The van der Waals surface area contributed by atoms with Crippen molar-refractivity contribution in [3.8, 4) is 0 Å². The van der Waals surface area contributed by atoms with Gasteiger partial charge < -0.3 is 5.73 Å². The molecule has 1 aliphatic rings. The van der Waals surface area contributed by atoms with Crippen LogP contribution in [-0.2, 0) is 6.42 Å². The van der Waals surface area contributed by atoms with Crippen molar-refractivity contribution in [1.29, 1.82) is 0 Å². The molecule has 0 saturated carbocycles. The van der Waals surface area contributed by atoms with Gasteiger partial charge in [0.05, 0.1) is 0 Å². The molecular weight excluding hydrogens is 146 g/mol. The Bertz CT molecular complexity index is 315. The Hall–Kier alpha value is -0.820. The minimum atomic E-state index is 0.292. The molecule has 0 amide bonds. The van der Waals surface area contributed by atoms with Crippen molar-refractivity contribution in [1.82, 2.24) is 0 Å². The van der Waals surface area contributed by atoms with E-state index in [1.54, 1.807) is 0 Å². The van der Waals surface area contributed by atoms with E-state index in [0.29, 0.717) is 6.04 Å². The number of fused-ring (bicyclic) bond motifs is 1.